The molecule has 0 fully saturated rings. The van der Waals surface area contributed by atoms with Crippen molar-refractivity contribution in [1.82, 2.24) is 0 Å². The first-order valence-electron chi connectivity index (χ1n) is 2.86. The molecule has 2 nitrogen and oxygen atoms in total. The van der Waals surface area contributed by atoms with Crippen molar-refractivity contribution < 1.29 is 13.9 Å². The molecular formula is C6H11FO2. The Morgan fingerprint density at radius 2 is 2.22 bits per heavy atom. The fourth-order valence-corrected chi connectivity index (χ4v) is 0.372. The third-order valence-corrected chi connectivity index (χ3v) is 0.988. The van der Waals surface area contributed by atoms with Crippen LogP contribution in [0.15, 0.2) is 0 Å². The van der Waals surface area contributed by atoms with Crippen molar-refractivity contribution in [2.75, 3.05) is 0 Å². The molecule has 3 heteroatoms. The van der Waals surface area contributed by atoms with Gasteiger partial charge in [0.2, 0.25) is 5.85 Å². The van der Waals surface area contributed by atoms with Gasteiger partial charge in [-0.05, 0) is 0 Å². The minimum Gasteiger partial charge on any atom is -0.429 e. The lowest BCUT2D eigenvalue weighted by atomic mass is 10.3. The van der Waals surface area contributed by atoms with Gasteiger partial charge in [0.05, 0.1) is 0 Å². The number of alkyl halides is 1. The van der Waals surface area contributed by atoms with Gasteiger partial charge in [-0.3, -0.25) is 4.79 Å². The van der Waals surface area contributed by atoms with E-state index >= 15 is 0 Å². The molecule has 1 unspecified atom stereocenters. The van der Waals surface area contributed by atoms with Crippen molar-refractivity contribution in [2.45, 2.75) is 33.0 Å². The zero-order valence-corrected chi connectivity index (χ0v) is 5.90. The van der Waals surface area contributed by atoms with Gasteiger partial charge in [-0.25, -0.2) is 0 Å². The van der Waals surface area contributed by atoms with Crippen LogP contribution in [0.1, 0.15) is 27.2 Å². The van der Waals surface area contributed by atoms with Gasteiger partial charge in [-0.1, -0.05) is 6.92 Å². The standard InChI is InChI=1S/C6H11FO2/c1-4-6(3,7)9-5(2)8/h4H2,1-3H3. The van der Waals surface area contributed by atoms with E-state index in [0.717, 1.165) is 0 Å². The number of hydrogen-bond acceptors (Lipinski definition) is 2. The molecule has 0 bridgehead atoms. The number of esters is 1. The Hall–Kier alpha value is -0.600. The van der Waals surface area contributed by atoms with Crippen LogP contribution < -0.4 is 0 Å². The van der Waals surface area contributed by atoms with Gasteiger partial charge < -0.3 is 4.74 Å². The fraction of sp³-hybridized carbons (Fsp3) is 0.833. The summed E-state index contributed by atoms with van der Waals surface area (Å²) >= 11 is 0. The van der Waals surface area contributed by atoms with Crippen LogP contribution in [-0.4, -0.2) is 11.8 Å². The van der Waals surface area contributed by atoms with E-state index in [4.69, 9.17) is 0 Å². The van der Waals surface area contributed by atoms with Crippen molar-refractivity contribution in [1.29, 1.82) is 0 Å². The molecule has 0 aromatic carbocycles. The van der Waals surface area contributed by atoms with Crippen LogP contribution in [0.5, 0.6) is 0 Å². The number of hydrogen-bond donors (Lipinski definition) is 0. The van der Waals surface area contributed by atoms with Crippen molar-refractivity contribution in [3.05, 3.63) is 0 Å². The number of rotatable bonds is 2. The van der Waals surface area contributed by atoms with Crippen molar-refractivity contribution in [3.63, 3.8) is 0 Å². The summed E-state index contributed by atoms with van der Waals surface area (Å²) in [5.74, 6) is -2.37. The summed E-state index contributed by atoms with van der Waals surface area (Å²) in [6.07, 6.45) is 0.187. The molecule has 0 saturated heterocycles. The van der Waals surface area contributed by atoms with Crippen LogP contribution in [0, 0.1) is 0 Å². The first kappa shape index (κ1) is 8.40. The smallest absolute Gasteiger partial charge is 0.305 e. The average molecular weight is 134 g/mol. The highest BCUT2D eigenvalue weighted by atomic mass is 19.2. The van der Waals surface area contributed by atoms with Gasteiger partial charge in [0.25, 0.3) is 0 Å². The monoisotopic (exact) mass is 134 g/mol. The molecule has 0 aliphatic carbocycles. The molecule has 0 N–H and O–H groups in total. The summed E-state index contributed by atoms with van der Waals surface area (Å²) in [6, 6.07) is 0. The van der Waals surface area contributed by atoms with Crippen LogP contribution in [0.4, 0.5) is 4.39 Å². The molecule has 0 aromatic rings. The molecule has 0 aliphatic heterocycles. The van der Waals surface area contributed by atoms with Crippen LogP contribution in [0.25, 0.3) is 0 Å². The van der Waals surface area contributed by atoms with E-state index in [1.807, 2.05) is 0 Å². The van der Waals surface area contributed by atoms with Crippen molar-refractivity contribution in [3.8, 4) is 0 Å². The number of carbonyl (C=O) groups is 1. The molecule has 9 heavy (non-hydrogen) atoms. The Balaban J connectivity index is 3.71. The van der Waals surface area contributed by atoms with E-state index < -0.39 is 11.8 Å². The zero-order valence-electron chi connectivity index (χ0n) is 5.90. The quantitative estimate of drug-likeness (QED) is 0.537. The van der Waals surface area contributed by atoms with E-state index in [1.165, 1.54) is 13.8 Å². The molecule has 0 rings (SSSR count). The molecule has 54 valence electrons. The number of halogens is 1. The second kappa shape index (κ2) is 2.80. The van der Waals surface area contributed by atoms with Crippen molar-refractivity contribution in [2.24, 2.45) is 0 Å². The van der Waals surface area contributed by atoms with Crippen LogP contribution in [-0.2, 0) is 9.53 Å². The Labute approximate surface area is 54.0 Å². The average Bonchev–Trinajstić information content (AvgIpc) is 1.63. The topological polar surface area (TPSA) is 26.3 Å². The summed E-state index contributed by atoms with van der Waals surface area (Å²) in [4.78, 5) is 10.2. The highest BCUT2D eigenvalue weighted by Crippen LogP contribution is 2.15. The second-order valence-electron chi connectivity index (χ2n) is 2.05. The molecule has 0 heterocycles. The van der Waals surface area contributed by atoms with E-state index in [2.05, 4.69) is 4.74 Å². The van der Waals surface area contributed by atoms with E-state index in [0.29, 0.717) is 0 Å². The first-order valence-corrected chi connectivity index (χ1v) is 2.86. The highest BCUT2D eigenvalue weighted by Gasteiger charge is 2.22. The van der Waals surface area contributed by atoms with Crippen molar-refractivity contribution >= 4 is 5.97 Å². The molecule has 0 aliphatic rings. The van der Waals surface area contributed by atoms with Crippen LogP contribution >= 0.6 is 0 Å². The number of ether oxygens (including phenoxy) is 1. The first-order chi connectivity index (χ1) is 3.98. The molecule has 0 amide bonds. The van der Waals surface area contributed by atoms with Gasteiger partial charge in [0.1, 0.15) is 0 Å². The van der Waals surface area contributed by atoms with Gasteiger partial charge in [-0.2, -0.15) is 4.39 Å². The van der Waals surface area contributed by atoms with E-state index in [9.17, 15) is 9.18 Å². The maximum atomic E-state index is 12.6. The van der Waals surface area contributed by atoms with Crippen LogP contribution in [0.2, 0.25) is 0 Å². The molecule has 0 spiro atoms. The maximum Gasteiger partial charge on any atom is 0.305 e. The second-order valence-corrected chi connectivity index (χ2v) is 2.05. The summed E-state index contributed by atoms with van der Waals surface area (Å²) in [5, 5.41) is 0. The van der Waals surface area contributed by atoms with Crippen LogP contribution in [0.3, 0.4) is 0 Å². The zero-order chi connectivity index (χ0) is 7.49. The summed E-state index contributed by atoms with van der Waals surface area (Å²) < 4.78 is 16.9. The van der Waals surface area contributed by atoms with E-state index in [-0.39, 0.29) is 6.42 Å². The normalized spacial score (nSPS) is 16.4. The minimum atomic E-state index is -1.79. The SMILES string of the molecule is CCC(C)(F)OC(C)=O. The Bertz CT molecular complexity index is 110. The largest absolute Gasteiger partial charge is 0.429 e. The Morgan fingerprint density at radius 3 is 2.33 bits per heavy atom. The third-order valence-electron chi connectivity index (χ3n) is 0.988. The Morgan fingerprint density at radius 1 is 1.78 bits per heavy atom. The lowest BCUT2D eigenvalue weighted by molar-refractivity contribution is -0.175. The van der Waals surface area contributed by atoms with Gasteiger partial charge >= 0.3 is 5.97 Å². The molecule has 0 aromatic heterocycles. The van der Waals surface area contributed by atoms with Gasteiger partial charge in [-0.15, -0.1) is 0 Å². The Kier molecular flexibility index (Phi) is 2.62. The minimum absolute atomic E-state index is 0.187. The number of carbonyl (C=O) groups excluding carboxylic acids is 1. The molecule has 0 saturated carbocycles. The highest BCUT2D eigenvalue weighted by molar-refractivity contribution is 5.66. The maximum absolute atomic E-state index is 12.6. The molecule has 0 radical (unpaired) electrons. The summed E-state index contributed by atoms with van der Waals surface area (Å²) in [7, 11) is 0. The molecule has 1 atom stereocenters. The summed E-state index contributed by atoms with van der Waals surface area (Å²) in [6.45, 7) is 4.03. The lowest BCUT2D eigenvalue weighted by Crippen LogP contribution is -2.23. The lowest BCUT2D eigenvalue weighted by Gasteiger charge is -2.16. The summed E-state index contributed by atoms with van der Waals surface area (Å²) in [5.41, 5.74) is 0. The van der Waals surface area contributed by atoms with Gasteiger partial charge in [0, 0.05) is 20.3 Å². The van der Waals surface area contributed by atoms with Gasteiger partial charge in [0.15, 0.2) is 0 Å². The fourth-order valence-electron chi connectivity index (χ4n) is 0.372. The molecular weight excluding hydrogens is 123 g/mol. The predicted octanol–water partition coefficient (Wildman–Crippen LogP) is 1.65. The predicted molar refractivity (Wildman–Crippen MR) is 31.6 cm³/mol. The third kappa shape index (κ3) is 3.94. The van der Waals surface area contributed by atoms with E-state index in [1.54, 1.807) is 6.92 Å².